The lowest BCUT2D eigenvalue weighted by Crippen LogP contribution is -2.16. The SMILES string of the molecule is FC(F)(F)Oc1ccc(-c2cnc3ncc(C(F)(F)F)n3c2)cc1. The molecule has 0 atom stereocenters. The van der Waals surface area contributed by atoms with Crippen molar-refractivity contribution >= 4 is 5.78 Å². The lowest BCUT2D eigenvalue weighted by molar-refractivity contribution is -0.274. The zero-order valence-electron chi connectivity index (χ0n) is 11.6. The number of nitrogens with zero attached hydrogens (tertiary/aromatic N) is 3. The van der Waals surface area contributed by atoms with Gasteiger partial charge in [0.05, 0.1) is 6.20 Å². The maximum Gasteiger partial charge on any atom is 0.573 e. The lowest BCUT2D eigenvalue weighted by Gasteiger charge is -2.10. The fourth-order valence-electron chi connectivity index (χ4n) is 2.08. The Morgan fingerprint density at radius 1 is 0.833 bits per heavy atom. The summed E-state index contributed by atoms with van der Waals surface area (Å²) in [6.45, 7) is 0. The van der Waals surface area contributed by atoms with Gasteiger partial charge in [0.2, 0.25) is 5.78 Å². The molecule has 0 aliphatic rings. The van der Waals surface area contributed by atoms with E-state index in [1.807, 2.05) is 0 Å². The van der Waals surface area contributed by atoms with Gasteiger partial charge in [0.25, 0.3) is 0 Å². The van der Waals surface area contributed by atoms with Gasteiger partial charge in [0, 0.05) is 18.0 Å². The van der Waals surface area contributed by atoms with E-state index >= 15 is 0 Å². The van der Waals surface area contributed by atoms with Crippen LogP contribution in [0.15, 0.2) is 42.9 Å². The van der Waals surface area contributed by atoms with E-state index < -0.39 is 24.0 Å². The van der Waals surface area contributed by atoms with Crippen LogP contribution in [0.1, 0.15) is 5.69 Å². The summed E-state index contributed by atoms with van der Waals surface area (Å²) >= 11 is 0. The molecule has 0 bridgehead atoms. The van der Waals surface area contributed by atoms with Gasteiger partial charge in [-0.1, -0.05) is 12.1 Å². The van der Waals surface area contributed by atoms with Gasteiger partial charge >= 0.3 is 12.5 Å². The molecule has 4 nitrogen and oxygen atoms in total. The smallest absolute Gasteiger partial charge is 0.406 e. The quantitative estimate of drug-likeness (QED) is 0.649. The normalized spacial score (nSPS) is 12.6. The number of fused-ring (bicyclic) bond motifs is 1. The molecule has 0 amide bonds. The lowest BCUT2D eigenvalue weighted by atomic mass is 10.1. The maximum absolute atomic E-state index is 12.9. The van der Waals surface area contributed by atoms with E-state index in [0.717, 1.165) is 22.7 Å². The molecule has 0 saturated carbocycles. The summed E-state index contributed by atoms with van der Waals surface area (Å²) in [4.78, 5) is 7.38. The number of benzene rings is 1. The zero-order chi connectivity index (χ0) is 17.5. The maximum atomic E-state index is 12.9. The summed E-state index contributed by atoms with van der Waals surface area (Å²) in [6.07, 6.45) is -6.32. The Labute approximate surface area is 130 Å². The first-order valence-corrected chi connectivity index (χ1v) is 6.40. The van der Waals surface area contributed by atoms with Crippen molar-refractivity contribution in [1.82, 2.24) is 14.4 Å². The Morgan fingerprint density at radius 2 is 1.46 bits per heavy atom. The summed E-state index contributed by atoms with van der Waals surface area (Å²) in [5, 5.41) is 0. The van der Waals surface area contributed by atoms with Gasteiger partial charge in [-0.2, -0.15) is 13.2 Å². The predicted octanol–water partition coefficient (Wildman–Crippen LogP) is 4.31. The molecule has 2 aromatic heterocycles. The molecule has 0 aliphatic heterocycles. The molecular formula is C14H7F6N3O. The Morgan fingerprint density at radius 3 is 2.04 bits per heavy atom. The molecule has 0 N–H and O–H groups in total. The molecule has 3 rings (SSSR count). The van der Waals surface area contributed by atoms with Crippen LogP contribution in [-0.2, 0) is 6.18 Å². The molecule has 10 heteroatoms. The van der Waals surface area contributed by atoms with Gasteiger partial charge in [-0.3, -0.25) is 4.40 Å². The summed E-state index contributed by atoms with van der Waals surface area (Å²) in [7, 11) is 0. The molecular weight excluding hydrogens is 340 g/mol. The summed E-state index contributed by atoms with van der Waals surface area (Å²) in [5.74, 6) is -0.568. The molecule has 2 heterocycles. The third-order valence-corrected chi connectivity index (χ3v) is 3.08. The number of rotatable bonds is 2. The van der Waals surface area contributed by atoms with Gasteiger partial charge in [0.15, 0.2) is 0 Å². The molecule has 0 radical (unpaired) electrons. The molecule has 0 spiro atoms. The van der Waals surface area contributed by atoms with Crippen LogP contribution in [0, 0.1) is 0 Å². The summed E-state index contributed by atoms with van der Waals surface area (Å²) < 4.78 is 79.5. The first kappa shape index (κ1) is 16.1. The number of imidazole rings is 1. The van der Waals surface area contributed by atoms with Crippen LogP contribution >= 0.6 is 0 Å². The van der Waals surface area contributed by atoms with Crippen molar-refractivity contribution in [1.29, 1.82) is 0 Å². The largest absolute Gasteiger partial charge is 0.573 e. The Kier molecular flexibility index (Phi) is 3.61. The van der Waals surface area contributed by atoms with E-state index in [0.29, 0.717) is 11.8 Å². The number of ether oxygens (including phenoxy) is 1. The fourth-order valence-corrected chi connectivity index (χ4v) is 2.08. The minimum Gasteiger partial charge on any atom is -0.406 e. The van der Waals surface area contributed by atoms with Crippen molar-refractivity contribution in [2.24, 2.45) is 0 Å². The van der Waals surface area contributed by atoms with E-state index in [1.165, 1.54) is 18.3 Å². The number of alkyl halides is 6. The Balaban J connectivity index is 1.97. The van der Waals surface area contributed by atoms with Gasteiger partial charge in [-0.05, 0) is 17.7 Å². The second-order valence-electron chi connectivity index (χ2n) is 4.73. The van der Waals surface area contributed by atoms with Gasteiger partial charge in [-0.15, -0.1) is 13.2 Å². The van der Waals surface area contributed by atoms with Crippen molar-refractivity contribution in [2.45, 2.75) is 12.5 Å². The van der Waals surface area contributed by atoms with Crippen LogP contribution < -0.4 is 4.74 Å². The summed E-state index contributed by atoms with van der Waals surface area (Å²) in [5.41, 5.74) is -0.339. The molecule has 126 valence electrons. The zero-order valence-corrected chi connectivity index (χ0v) is 11.6. The van der Waals surface area contributed by atoms with Crippen LogP contribution in [0.3, 0.4) is 0 Å². The van der Waals surface area contributed by atoms with E-state index in [9.17, 15) is 26.3 Å². The van der Waals surface area contributed by atoms with Gasteiger partial charge < -0.3 is 4.74 Å². The van der Waals surface area contributed by atoms with Gasteiger partial charge in [0.1, 0.15) is 11.4 Å². The highest BCUT2D eigenvalue weighted by molar-refractivity contribution is 5.63. The standard InChI is InChI=1S/C14H7F6N3O/c15-13(16,17)11-6-22-12-21-5-9(7-23(11)12)8-1-3-10(4-2-8)24-14(18,19)20/h1-7H. The van der Waals surface area contributed by atoms with Crippen LogP contribution in [0.25, 0.3) is 16.9 Å². The average molecular weight is 347 g/mol. The predicted molar refractivity (Wildman–Crippen MR) is 70.1 cm³/mol. The Bertz CT molecular complexity index is 867. The minimum absolute atomic E-state index is 0.136. The number of aromatic nitrogens is 3. The van der Waals surface area contributed by atoms with Crippen LogP contribution in [-0.4, -0.2) is 20.7 Å². The van der Waals surface area contributed by atoms with Crippen LogP contribution in [0.4, 0.5) is 26.3 Å². The minimum atomic E-state index is -4.82. The van der Waals surface area contributed by atoms with E-state index in [-0.39, 0.29) is 11.3 Å². The number of halogens is 6. The molecule has 0 unspecified atom stereocenters. The van der Waals surface area contributed by atoms with Crippen molar-refractivity contribution in [3.05, 3.63) is 48.5 Å². The second-order valence-corrected chi connectivity index (χ2v) is 4.73. The highest BCUT2D eigenvalue weighted by Gasteiger charge is 2.35. The van der Waals surface area contributed by atoms with E-state index in [4.69, 9.17) is 0 Å². The first-order chi connectivity index (χ1) is 11.1. The van der Waals surface area contributed by atoms with Crippen molar-refractivity contribution in [2.75, 3.05) is 0 Å². The third-order valence-electron chi connectivity index (χ3n) is 3.08. The van der Waals surface area contributed by atoms with Crippen molar-refractivity contribution in [3.8, 4) is 16.9 Å². The Hall–Kier alpha value is -2.78. The highest BCUT2D eigenvalue weighted by Crippen LogP contribution is 2.31. The van der Waals surface area contributed by atoms with Gasteiger partial charge in [-0.25, -0.2) is 9.97 Å². The van der Waals surface area contributed by atoms with Crippen molar-refractivity contribution in [3.63, 3.8) is 0 Å². The molecule has 0 fully saturated rings. The monoisotopic (exact) mass is 347 g/mol. The van der Waals surface area contributed by atoms with E-state index in [1.54, 1.807) is 0 Å². The fraction of sp³-hybridized carbons (Fsp3) is 0.143. The average Bonchev–Trinajstić information content (AvgIpc) is 2.89. The molecule has 0 saturated heterocycles. The molecule has 3 aromatic rings. The van der Waals surface area contributed by atoms with E-state index in [2.05, 4.69) is 14.7 Å². The van der Waals surface area contributed by atoms with Crippen LogP contribution in [0.2, 0.25) is 0 Å². The first-order valence-electron chi connectivity index (χ1n) is 6.40. The topological polar surface area (TPSA) is 39.4 Å². The number of hydrogen-bond donors (Lipinski definition) is 0. The van der Waals surface area contributed by atoms with Crippen molar-refractivity contribution < 1.29 is 31.1 Å². The molecule has 0 aliphatic carbocycles. The summed E-state index contributed by atoms with van der Waals surface area (Å²) in [6, 6.07) is 4.69. The highest BCUT2D eigenvalue weighted by atomic mass is 19.4. The van der Waals surface area contributed by atoms with Crippen LogP contribution in [0.5, 0.6) is 5.75 Å². The second kappa shape index (κ2) is 5.39. The number of hydrogen-bond acceptors (Lipinski definition) is 3. The molecule has 24 heavy (non-hydrogen) atoms. The molecule has 1 aromatic carbocycles. The third kappa shape index (κ3) is 3.26.